The van der Waals surface area contributed by atoms with Crippen LogP contribution in [0.2, 0.25) is 0 Å². The minimum atomic E-state index is 0.705. The number of ether oxygens (including phenoxy) is 1. The highest BCUT2D eigenvalue weighted by molar-refractivity contribution is 5.55. The van der Waals surface area contributed by atoms with Gasteiger partial charge in [0, 0.05) is 7.11 Å². The standard InChI is InChI=1S/C16H23NO/c1-18-12-14(4-3-9-17)10-13-7-8-15-5-2-6-16(15)11-13/h7-8,10-11H,2-6,9,12,17H2,1H3/b14-10+. The molecule has 1 aliphatic carbocycles. The first-order valence-electron chi connectivity index (χ1n) is 6.83. The Bertz CT molecular complexity index is 423. The average Bonchev–Trinajstić information content (AvgIpc) is 2.83. The number of rotatable bonds is 6. The summed E-state index contributed by atoms with van der Waals surface area (Å²) in [4.78, 5) is 0. The van der Waals surface area contributed by atoms with Crippen LogP contribution in [0.15, 0.2) is 23.8 Å². The molecule has 0 saturated heterocycles. The predicted octanol–water partition coefficient (Wildman–Crippen LogP) is 2.94. The number of nitrogens with two attached hydrogens (primary N) is 1. The quantitative estimate of drug-likeness (QED) is 0.836. The second kappa shape index (κ2) is 6.72. The van der Waals surface area contributed by atoms with E-state index in [0.717, 1.165) is 19.4 Å². The molecule has 0 unspecified atom stereocenters. The molecule has 0 radical (unpaired) electrons. The van der Waals surface area contributed by atoms with Gasteiger partial charge < -0.3 is 10.5 Å². The van der Waals surface area contributed by atoms with Gasteiger partial charge in [0.25, 0.3) is 0 Å². The Labute approximate surface area is 110 Å². The number of benzene rings is 1. The molecule has 0 spiro atoms. The molecule has 1 aromatic carbocycles. The van der Waals surface area contributed by atoms with Gasteiger partial charge in [-0.15, -0.1) is 0 Å². The zero-order chi connectivity index (χ0) is 12.8. The van der Waals surface area contributed by atoms with Gasteiger partial charge in [-0.05, 0) is 60.9 Å². The van der Waals surface area contributed by atoms with Crippen molar-refractivity contribution in [3.05, 3.63) is 40.5 Å². The minimum absolute atomic E-state index is 0.705. The van der Waals surface area contributed by atoms with Crippen LogP contribution in [-0.4, -0.2) is 20.3 Å². The maximum atomic E-state index is 5.57. The summed E-state index contributed by atoms with van der Waals surface area (Å²) >= 11 is 0. The smallest absolute Gasteiger partial charge is 0.0676 e. The molecule has 0 aliphatic heterocycles. The summed E-state index contributed by atoms with van der Waals surface area (Å²) < 4.78 is 5.26. The summed E-state index contributed by atoms with van der Waals surface area (Å²) in [6.45, 7) is 1.45. The third kappa shape index (κ3) is 3.44. The lowest BCUT2D eigenvalue weighted by Gasteiger charge is -2.07. The molecule has 1 aromatic rings. The molecular weight excluding hydrogens is 222 g/mol. The molecular formula is C16H23NO. The maximum Gasteiger partial charge on any atom is 0.0676 e. The molecule has 0 amide bonds. The van der Waals surface area contributed by atoms with E-state index in [4.69, 9.17) is 10.5 Å². The van der Waals surface area contributed by atoms with E-state index in [2.05, 4.69) is 24.3 Å². The van der Waals surface area contributed by atoms with Crippen LogP contribution in [0.25, 0.3) is 6.08 Å². The Morgan fingerprint density at radius 3 is 2.94 bits per heavy atom. The highest BCUT2D eigenvalue weighted by Crippen LogP contribution is 2.24. The van der Waals surface area contributed by atoms with Gasteiger partial charge in [0.1, 0.15) is 0 Å². The van der Waals surface area contributed by atoms with Crippen LogP contribution < -0.4 is 5.73 Å². The summed E-state index contributed by atoms with van der Waals surface area (Å²) in [5, 5.41) is 0. The molecule has 98 valence electrons. The summed E-state index contributed by atoms with van der Waals surface area (Å²) in [6, 6.07) is 6.84. The average molecular weight is 245 g/mol. The minimum Gasteiger partial charge on any atom is -0.380 e. The van der Waals surface area contributed by atoms with Crippen molar-refractivity contribution in [1.82, 2.24) is 0 Å². The van der Waals surface area contributed by atoms with Crippen molar-refractivity contribution in [2.24, 2.45) is 5.73 Å². The highest BCUT2D eigenvalue weighted by Gasteiger charge is 2.10. The molecule has 0 aromatic heterocycles. The molecule has 0 atom stereocenters. The van der Waals surface area contributed by atoms with E-state index in [1.807, 2.05) is 0 Å². The summed E-state index contributed by atoms with van der Waals surface area (Å²) in [5.74, 6) is 0. The lowest BCUT2D eigenvalue weighted by molar-refractivity contribution is 0.223. The van der Waals surface area contributed by atoms with Crippen molar-refractivity contribution >= 4 is 6.08 Å². The third-order valence-corrected chi connectivity index (χ3v) is 3.53. The van der Waals surface area contributed by atoms with Crippen LogP contribution in [0.1, 0.15) is 36.0 Å². The fraction of sp³-hybridized carbons (Fsp3) is 0.500. The Morgan fingerprint density at radius 1 is 1.33 bits per heavy atom. The predicted molar refractivity (Wildman–Crippen MR) is 76.6 cm³/mol. The number of hydrogen-bond donors (Lipinski definition) is 1. The molecule has 2 rings (SSSR count). The fourth-order valence-electron chi connectivity index (χ4n) is 2.62. The first-order chi connectivity index (χ1) is 8.83. The van der Waals surface area contributed by atoms with E-state index >= 15 is 0 Å². The van der Waals surface area contributed by atoms with Gasteiger partial charge in [-0.25, -0.2) is 0 Å². The van der Waals surface area contributed by atoms with Crippen LogP contribution in [0.3, 0.4) is 0 Å². The summed E-state index contributed by atoms with van der Waals surface area (Å²) in [6.07, 6.45) is 8.11. The van der Waals surface area contributed by atoms with Crippen LogP contribution in [-0.2, 0) is 17.6 Å². The van der Waals surface area contributed by atoms with E-state index in [1.165, 1.54) is 41.5 Å². The van der Waals surface area contributed by atoms with Crippen molar-refractivity contribution in [2.45, 2.75) is 32.1 Å². The Kier molecular flexibility index (Phi) is 4.97. The highest BCUT2D eigenvalue weighted by atomic mass is 16.5. The van der Waals surface area contributed by atoms with Crippen LogP contribution in [0.5, 0.6) is 0 Å². The van der Waals surface area contributed by atoms with Gasteiger partial charge in [0.05, 0.1) is 6.61 Å². The molecule has 0 fully saturated rings. The van der Waals surface area contributed by atoms with Crippen molar-refractivity contribution < 1.29 is 4.74 Å². The Morgan fingerprint density at radius 2 is 2.17 bits per heavy atom. The van der Waals surface area contributed by atoms with Gasteiger partial charge in [0.2, 0.25) is 0 Å². The number of fused-ring (bicyclic) bond motifs is 1. The molecule has 2 nitrogen and oxygen atoms in total. The van der Waals surface area contributed by atoms with E-state index in [9.17, 15) is 0 Å². The molecule has 2 N–H and O–H groups in total. The maximum absolute atomic E-state index is 5.57. The Balaban J connectivity index is 2.12. The van der Waals surface area contributed by atoms with Crippen molar-refractivity contribution in [3.63, 3.8) is 0 Å². The molecule has 0 bridgehead atoms. The number of hydrogen-bond acceptors (Lipinski definition) is 2. The zero-order valence-electron chi connectivity index (χ0n) is 11.2. The van der Waals surface area contributed by atoms with Crippen LogP contribution >= 0.6 is 0 Å². The van der Waals surface area contributed by atoms with E-state index in [1.54, 1.807) is 7.11 Å². The normalized spacial score (nSPS) is 14.9. The van der Waals surface area contributed by atoms with Gasteiger partial charge in [-0.2, -0.15) is 0 Å². The topological polar surface area (TPSA) is 35.2 Å². The SMILES string of the molecule is COC/C(=C/c1ccc2c(c1)CCC2)CCCN. The molecule has 18 heavy (non-hydrogen) atoms. The first-order valence-corrected chi connectivity index (χ1v) is 6.83. The van der Waals surface area contributed by atoms with Gasteiger partial charge in [0.15, 0.2) is 0 Å². The van der Waals surface area contributed by atoms with Gasteiger partial charge in [-0.1, -0.05) is 24.3 Å². The molecule has 0 heterocycles. The van der Waals surface area contributed by atoms with E-state index < -0.39 is 0 Å². The second-order valence-electron chi connectivity index (χ2n) is 5.01. The molecule has 1 aliphatic rings. The molecule has 0 saturated carbocycles. The first kappa shape index (κ1) is 13.3. The van der Waals surface area contributed by atoms with Crippen molar-refractivity contribution in [3.8, 4) is 0 Å². The van der Waals surface area contributed by atoms with Crippen molar-refractivity contribution in [2.75, 3.05) is 20.3 Å². The zero-order valence-corrected chi connectivity index (χ0v) is 11.2. The van der Waals surface area contributed by atoms with Gasteiger partial charge >= 0.3 is 0 Å². The number of methoxy groups -OCH3 is 1. The van der Waals surface area contributed by atoms with Gasteiger partial charge in [-0.3, -0.25) is 0 Å². The third-order valence-electron chi connectivity index (χ3n) is 3.53. The molecule has 2 heteroatoms. The van der Waals surface area contributed by atoms with Crippen LogP contribution in [0, 0.1) is 0 Å². The van der Waals surface area contributed by atoms with E-state index in [-0.39, 0.29) is 0 Å². The Hall–Kier alpha value is -1.12. The second-order valence-corrected chi connectivity index (χ2v) is 5.01. The lowest BCUT2D eigenvalue weighted by Crippen LogP contribution is -2.02. The van der Waals surface area contributed by atoms with E-state index in [0.29, 0.717) is 6.61 Å². The number of aryl methyl sites for hydroxylation is 2. The lowest BCUT2D eigenvalue weighted by atomic mass is 10.0. The fourth-order valence-corrected chi connectivity index (χ4v) is 2.62. The summed E-state index contributed by atoms with van der Waals surface area (Å²) in [5.41, 5.74) is 11.3. The van der Waals surface area contributed by atoms with Crippen molar-refractivity contribution in [1.29, 1.82) is 0 Å². The van der Waals surface area contributed by atoms with Crippen LogP contribution in [0.4, 0.5) is 0 Å². The monoisotopic (exact) mass is 245 g/mol. The largest absolute Gasteiger partial charge is 0.380 e. The summed E-state index contributed by atoms with van der Waals surface area (Å²) in [7, 11) is 1.75.